The van der Waals surface area contributed by atoms with Gasteiger partial charge in [0.15, 0.2) is 0 Å². The molecule has 3 aliphatic rings. The number of para-hydroxylation sites is 3. The first kappa shape index (κ1) is 36.7. The van der Waals surface area contributed by atoms with Gasteiger partial charge >= 0.3 is 0 Å². The zero-order valence-corrected chi connectivity index (χ0v) is 35.5. The van der Waals surface area contributed by atoms with Gasteiger partial charge in [-0.05, 0) is 111 Å². The van der Waals surface area contributed by atoms with Gasteiger partial charge < -0.3 is 9.13 Å². The molecule has 0 saturated heterocycles. The molecule has 0 radical (unpaired) electrons. The lowest BCUT2D eigenvalue weighted by atomic mass is 9.65. The second-order valence-electron chi connectivity index (χ2n) is 17.5. The molecule has 302 valence electrons. The molecule has 0 amide bonds. The number of nitrogens with zero attached hydrogens (tertiary/aromatic N) is 2. The molecule has 0 aliphatic heterocycles. The molecule has 1 unspecified atom stereocenters. The molecule has 1 atom stereocenters. The Labute approximate surface area is 373 Å². The van der Waals surface area contributed by atoms with Crippen LogP contribution in [-0.4, -0.2) is 9.13 Å². The van der Waals surface area contributed by atoms with Crippen molar-refractivity contribution in [3.63, 3.8) is 0 Å². The van der Waals surface area contributed by atoms with E-state index in [-0.39, 0.29) is 0 Å². The Balaban J connectivity index is 0.869. The van der Waals surface area contributed by atoms with Gasteiger partial charge in [-0.1, -0.05) is 188 Å². The molecule has 13 rings (SSSR count). The van der Waals surface area contributed by atoms with Crippen molar-refractivity contribution in [3.8, 4) is 33.6 Å². The van der Waals surface area contributed by atoms with Gasteiger partial charge in [0.2, 0.25) is 0 Å². The summed E-state index contributed by atoms with van der Waals surface area (Å²) < 4.78 is 4.83. The fourth-order valence-corrected chi connectivity index (χ4v) is 11.4. The van der Waals surface area contributed by atoms with Crippen molar-refractivity contribution in [1.29, 1.82) is 0 Å². The van der Waals surface area contributed by atoms with Crippen LogP contribution in [0.1, 0.15) is 46.4 Å². The van der Waals surface area contributed by atoms with Crippen LogP contribution in [0.25, 0.3) is 78.0 Å². The summed E-state index contributed by atoms with van der Waals surface area (Å²) in [4.78, 5) is 0. The monoisotopic (exact) mass is 816 g/mol. The highest BCUT2D eigenvalue weighted by atomic mass is 15.0. The Morgan fingerprint density at radius 3 is 1.52 bits per heavy atom. The van der Waals surface area contributed by atoms with Crippen LogP contribution in [0.5, 0.6) is 0 Å². The van der Waals surface area contributed by atoms with E-state index >= 15 is 0 Å². The molecule has 2 aromatic heterocycles. The zero-order valence-electron chi connectivity index (χ0n) is 35.5. The van der Waals surface area contributed by atoms with Crippen LogP contribution in [0.15, 0.2) is 230 Å². The molecule has 64 heavy (non-hydrogen) atoms. The van der Waals surface area contributed by atoms with E-state index < -0.39 is 5.41 Å². The fraction of sp³-hybridized carbons (Fsp3) is 0.0645. The second kappa shape index (κ2) is 14.6. The molecular weight excluding hydrogens is 773 g/mol. The van der Waals surface area contributed by atoms with E-state index in [0.29, 0.717) is 0 Å². The van der Waals surface area contributed by atoms with E-state index in [0.717, 1.165) is 19.3 Å². The fourth-order valence-electron chi connectivity index (χ4n) is 11.4. The van der Waals surface area contributed by atoms with E-state index in [1.165, 1.54) is 111 Å². The van der Waals surface area contributed by atoms with Crippen molar-refractivity contribution in [3.05, 3.63) is 264 Å². The molecule has 3 aliphatic carbocycles. The maximum atomic E-state index is 2.44. The maximum Gasteiger partial charge on any atom is 0.0676 e. The molecule has 2 heterocycles. The van der Waals surface area contributed by atoms with Crippen molar-refractivity contribution < 1.29 is 0 Å². The first-order valence-electron chi connectivity index (χ1n) is 22.6. The summed E-state index contributed by atoms with van der Waals surface area (Å²) in [6.07, 6.45) is 16.5. The van der Waals surface area contributed by atoms with Crippen molar-refractivity contribution >= 4 is 44.4 Å². The number of benzene rings is 8. The zero-order chi connectivity index (χ0) is 42.2. The highest BCUT2D eigenvalue weighted by molar-refractivity contribution is 6.09. The van der Waals surface area contributed by atoms with Crippen molar-refractivity contribution in [2.75, 3.05) is 0 Å². The van der Waals surface area contributed by atoms with Gasteiger partial charge in [-0.3, -0.25) is 0 Å². The number of allylic oxidation sites excluding steroid dienone is 7. The number of rotatable bonds is 6. The van der Waals surface area contributed by atoms with E-state index in [2.05, 4.69) is 240 Å². The lowest BCUT2D eigenvalue weighted by molar-refractivity contribution is 0.697. The lowest BCUT2D eigenvalue weighted by Gasteiger charge is -2.36. The normalized spacial score (nSPS) is 16.4. The summed E-state index contributed by atoms with van der Waals surface area (Å²) in [5, 5.41) is 3.86. The Hall–Kier alpha value is -7.94. The van der Waals surface area contributed by atoms with Crippen LogP contribution < -0.4 is 0 Å². The van der Waals surface area contributed by atoms with Crippen LogP contribution in [0.4, 0.5) is 0 Å². The molecule has 0 spiro atoms. The first-order valence-corrected chi connectivity index (χ1v) is 22.6. The minimum Gasteiger partial charge on any atom is -0.313 e. The minimum atomic E-state index is -0.395. The van der Waals surface area contributed by atoms with Gasteiger partial charge in [0, 0.05) is 45.2 Å². The third kappa shape index (κ3) is 5.45. The minimum absolute atomic E-state index is 0.395. The highest BCUT2D eigenvalue weighted by Gasteiger charge is 2.47. The average molecular weight is 817 g/mol. The van der Waals surface area contributed by atoms with E-state index in [9.17, 15) is 0 Å². The van der Waals surface area contributed by atoms with Crippen LogP contribution in [0.3, 0.4) is 0 Å². The molecule has 0 N–H and O–H groups in total. The van der Waals surface area contributed by atoms with E-state index in [1.807, 2.05) is 0 Å². The maximum absolute atomic E-state index is 2.44. The van der Waals surface area contributed by atoms with Crippen LogP contribution in [0.2, 0.25) is 0 Å². The highest BCUT2D eigenvalue weighted by Crippen LogP contribution is 2.57. The summed E-state index contributed by atoms with van der Waals surface area (Å²) in [5.74, 6) is 0. The van der Waals surface area contributed by atoms with Gasteiger partial charge in [0.1, 0.15) is 0 Å². The molecule has 2 nitrogen and oxygen atoms in total. The Morgan fingerprint density at radius 2 is 0.906 bits per heavy atom. The number of hydrogen-bond donors (Lipinski definition) is 0. The van der Waals surface area contributed by atoms with Crippen LogP contribution in [0, 0.1) is 0 Å². The Bertz CT molecular complexity index is 3530. The average Bonchev–Trinajstić information content (AvgIpc) is 3.90. The molecule has 0 saturated carbocycles. The van der Waals surface area contributed by atoms with Gasteiger partial charge in [0.05, 0.1) is 22.0 Å². The number of fused-ring (bicyclic) bond motifs is 8. The number of hydrogen-bond acceptors (Lipinski definition) is 0. The smallest absolute Gasteiger partial charge is 0.0676 e. The molecule has 8 aromatic carbocycles. The van der Waals surface area contributed by atoms with E-state index in [4.69, 9.17) is 0 Å². The Morgan fingerprint density at radius 1 is 0.406 bits per heavy atom. The SMILES string of the molecule is C1=CCc2c(c3ccccc3n2-c2ccc(-c3ccc(C4(c5ccc(-c6ccc(-n7c8ccccc8c8ccccc87)cc6)cc5)C5=C(C=CCC5)c5ccccc54)cc3)cc2)C=C1. The summed E-state index contributed by atoms with van der Waals surface area (Å²) in [5.41, 5.74) is 21.4. The van der Waals surface area contributed by atoms with Crippen LogP contribution >= 0.6 is 0 Å². The van der Waals surface area contributed by atoms with Gasteiger partial charge in [-0.15, -0.1) is 0 Å². The van der Waals surface area contributed by atoms with Gasteiger partial charge in [-0.2, -0.15) is 0 Å². The lowest BCUT2D eigenvalue weighted by Crippen LogP contribution is -2.30. The summed E-state index contributed by atoms with van der Waals surface area (Å²) in [7, 11) is 0. The van der Waals surface area contributed by atoms with Crippen LogP contribution in [-0.2, 0) is 11.8 Å². The predicted molar refractivity (Wildman–Crippen MR) is 268 cm³/mol. The summed E-state index contributed by atoms with van der Waals surface area (Å²) >= 11 is 0. The van der Waals surface area contributed by atoms with Crippen molar-refractivity contribution in [2.45, 2.75) is 24.7 Å². The second-order valence-corrected chi connectivity index (χ2v) is 17.5. The topological polar surface area (TPSA) is 9.86 Å². The molecular formula is C62H44N2. The van der Waals surface area contributed by atoms with Crippen molar-refractivity contribution in [1.82, 2.24) is 9.13 Å². The Kier molecular flexibility index (Phi) is 8.36. The quantitative estimate of drug-likeness (QED) is 0.158. The number of aromatic nitrogens is 2. The summed E-state index contributed by atoms with van der Waals surface area (Å²) in [6.45, 7) is 0. The first-order chi connectivity index (χ1) is 31.8. The molecule has 2 heteroatoms. The molecule has 0 bridgehead atoms. The van der Waals surface area contributed by atoms with Crippen molar-refractivity contribution in [2.24, 2.45) is 0 Å². The van der Waals surface area contributed by atoms with E-state index in [1.54, 1.807) is 0 Å². The van der Waals surface area contributed by atoms with Gasteiger partial charge in [-0.25, -0.2) is 0 Å². The largest absolute Gasteiger partial charge is 0.313 e. The van der Waals surface area contributed by atoms with Gasteiger partial charge in [0.25, 0.3) is 0 Å². The third-order valence-corrected chi connectivity index (χ3v) is 14.2. The summed E-state index contributed by atoms with van der Waals surface area (Å²) in [6, 6.07) is 72.5. The standard InChI is InChI=1S/C62H44N2/c1-2-16-52-53-17-6-11-23-59(53)63(58(52)22-3-1)48-38-30-44(31-39-48)42-26-34-46(35-27-42)62(56-20-9-4-14-50(56)51-15-5-10-21-57(51)62)47-36-28-43(29-37-47)45-32-40-49(41-33-45)64-60-24-12-7-18-54(60)55-19-8-13-25-61(55)64/h1-9,11-20,23-41H,10,21-22H2. The predicted octanol–water partition coefficient (Wildman–Crippen LogP) is 15.6. The third-order valence-electron chi connectivity index (χ3n) is 14.2. The molecule has 0 fully saturated rings. The molecule has 10 aromatic rings.